The van der Waals surface area contributed by atoms with E-state index < -0.39 is 0 Å². The molecule has 0 aliphatic carbocycles. The molecule has 72 valence electrons. The lowest BCUT2D eigenvalue weighted by Gasteiger charge is -2.21. The summed E-state index contributed by atoms with van der Waals surface area (Å²) in [6.45, 7) is 8.28. The second kappa shape index (κ2) is 3.32. The van der Waals surface area contributed by atoms with Gasteiger partial charge in [0.05, 0.1) is 11.7 Å². The number of aromatic nitrogens is 2. The molecule has 0 amide bonds. The Labute approximate surface area is 78.8 Å². The molecule has 0 aliphatic heterocycles. The summed E-state index contributed by atoms with van der Waals surface area (Å²) < 4.78 is 1.95. The summed E-state index contributed by atoms with van der Waals surface area (Å²) in [7, 11) is 0. The minimum absolute atomic E-state index is 0.00871. The van der Waals surface area contributed by atoms with Crippen LogP contribution in [-0.4, -0.2) is 16.1 Å². The quantitative estimate of drug-likeness (QED) is 0.649. The van der Waals surface area contributed by atoms with E-state index in [1.165, 1.54) is 0 Å². The molecule has 0 N–H and O–H groups in total. The number of rotatable bonds is 2. The van der Waals surface area contributed by atoms with Gasteiger partial charge in [0.25, 0.3) is 0 Å². The first-order valence-electron chi connectivity index (χ1n) is 4.44. The van der Waals surface area contributed by atoms with Crippen molar-refractivity contribution in [1.82, 2.24) is 9.78 Å². The molecule has 0 saturated carbocycles. The molecule has 1 rings (SSSR count). The average Bonchev–Trinajstić information content (AvgIpc) is 2.32. The van der Waals surface area contributed by atoms with E-state index in [2.05, 4.69) is 25.9 Å². The number of hydrogen-bond acceptors (Lipinski definition) is 2. The largest absolute Gasteiger partial charge is 0.303 e. The number of hydrogen-bond donors (Lipinski definition) is 0. The Morgan fingerprint density at radius 3 is 2.54 bits per heavy atom. The van der Waals surface area contributed by atoms with Crippen molar-refractivity contribution in [3.63, 3.8) is 0 Å². The van der Waals surface area contributed by atoms with Crippen molar-refractivity contribution < 1.29 is 4.79 Å². The molecule has 0 spiro atoms. The van der Waals surface area contributed by atoms with Gasteiger partial charge in [0.1, 0.15) is 6.29 Å². The summed E-state index contributed by atoms with van der Waals surface area (Å²) in [5.41, 5.74) is 2.09. The molecule has 13 heavy (non-hydrogen) atoms. The highest BCUT2D eigenvalue weighted by Gasteiger charge is 2.17. The number of aldehydes is 1. The fourth-order valence-corrected chi connectivity index (χ4v) is 1.41. The van der Waals surface area contributed by atoms with E-state index in [9.17, 15) is 4.79 Å². The van der Waals surface area contributed by atoms with Crippen molar-refractivity contribution in [2.45, 2.75) is 39.7 Å². The number of carbonyl (C=O) groups is 1. The Balaban J connectivity index is 3.06. The summed E-state index contributed by atoms with van der Waals surface area (Å²) in [5.74, 6) is 0. The van der Waals surface area contributed by atoms with Gasteiger partial charge < -0.3 is 4.79 Å². The van der Waals surface area contributed by atoms with Gasteiger partial charge in [-0.15, -0.1) is 0 Å². The van der Waals surface area contributed by atoms with Crippen LogP contribution in [0.15, 0.2) is 6.20 Å². The summed E-state index contributed by atoms with van der Waals surface area (Å²) in [5, 5.41) is 4.26. The number of carbonyl (C=O) groups excluding carboxylic acids is 1. The van der Waals surface area contributed by atoms with Crippen molar-refractivity contribution in [3.8, 4) is 0 Å². The fraction of sp³-hybridized carbons (Fsp3) is 0.600. The maximum Gasteiger partial charge on any atom is 0.124 e. The van der Waals surface area contributed by atoms with Gasteiger partial charge in [-0.05, 0) is 27.7 Å². The Kier molecular flexibility index (Phi) is 2.55. The minimum atomic E-state index is -0.00871. The normalized spacial score (nSPS) is 11.7. The van der Waals surface area contributed by atoms with Gasteiger partial charge in [0.15, 0.2) is 0 Å². The zero-order chi connectivity index (χ0) is 10.1. The Hall–Kier alpha value is -1.12. The van der Waals surface area contributed by atoms with Crippen LogP contribution in [0.25, 0.3) is 0 Å². The molecule has 0 fully saturated rings. The van der Waals surface area contributed by atoms with Crippen molar-refractivity contribution in [2.75, 3.05) is 0 Å². The van der Waals surface area contributed by atoms with E-state index >= 15 is 0 Å². The van der Waals surface area contributed by atoms with Gasteiger partial charge in [-0.3, -0.25) is 4.68 Å². The smallest absolute Gasteiger partial charge is 0.124 e. The molecule has 0 aromatic carbocycles. The van der Waals surface area contributed by atoms with Crippen LogP contribution in [0.2, 0.25) is 0 Å². The predicted octanol–water partition coefficient (Wildman–Crippen LogP) is 1.69. The highest BCUT2D eigenvalue weighted by Crippen LogP contribution is 2.17. The van der Waals surface area contributed by atoms with E-state index in [0.717, 1.165) is 17.5 Å². The third kappa shape index (κ3) is 1.97. The highest BCUT2D eigenvalue weighted by atomic mass is 16.1. The molecule has 0 saturated heterocycles. The Morgan fingerprint density at radius 1 is 1.54 bits per heavy atom. The van der Waals surface area contributed by atoms with Crippen molar-refractivity contribution >= 4 is 6.29 Å². The van der Waals surface area contributed by atoms with E-state index in [0.29, 0.717) is 6.42 Å². The lowest BCUT2D eigenvalue weighted by atomic mass is 10.1. The lowest BCUT2D eigenvalue weighted by molar-refractivity contribution is -0.107. The van der Waals surface area contributed by atoms with Crippen LogP contribution >= 0.6 is 0 Å². The SMILES string of the molecule is Cc1c(CC=O)cnn1C(C)(C)C. The maximum absolute atomic E-state index is 10.3. The molecule has 3 nitrogen and oxygen atoms in total. The lowest BCUT2D eigenvalue weighted by Crippen LogP contribution is -2.24. The maximum atomic E-state index is 10.3. The van der Waals surface area contributed by atoms with Gasteiger partial charge in [0.2, 0.25) is 0 Å². The molecule has 3 heteroatoms. The van der Waals surface area contributed by atoms with Crippen LogP contribution in [0.4, 0.5) is 0 Å². The van der Waals surface area contributed by atoms with Gasteiger partial charge in [0, 0.05) is 17.7 Å². The van der Waals surface area contributed by atoms with Crippen LogP contribution in [-0.2, 0) is 16.8 Å². The Bertz CT molecular complexity index is 307. The fourth-order valence-electron chi connectivity index (χ4n) is 1.41. The van der Waals surface area contributed by atoms with E-state index in [1.807, 2.05) is 11.6 Å². The molecule has 0 aliphatic rings. The van der Waals surface area contributed by atoms with Gasteiger partial charge in [-0.25, -0.2) is 0 Å². The summed E-state index contributed by atoms with van der Waals surface area (Å²) >= 11 is 0. The molecule has 0 atom stereocenters. The molecule has 0 bridgehead atoms. The second-order valence-corrected chi connectivity index (χ2v) is 4.21. The third-order valence-corrected chi connectivity index (χ3v) is 2.05. The molecule has 1 aromatic heterocycles. The summed E-state index contributed by atoms with van der Waals surface area (Å²) in [4.78, 5) is 10.3. The van der Waals surface area contributed by atoms with E-state index in [4.69, 9.17) is 0 Å². The van der Waals surface area contributed by atoms with Crippen LogP contribution in [0, 0.1) is 6.92 Å². The first-order chi connectivity index (χ1) is 5.96. The molecule has 0 radical (unpaired) electrons. The van der Waals surface area contributed by atoms with Gasteiger partial charge in [-0.1, -0.05) is 0 Å². The van der Waals surface area contributed by atoms with Crippen LogP contribution in [0.1, 0.15) is 32.0 Å². The van der Waals surface area contributed by atoms with Crippen LogP contribution in [0.3, 0.4) is 0 Å². The third-order valence-electron chi connectivity index (χ3n) is 2.05. The van der Waals surface area contributed by atoms with Crippen molar-refractivity contribution in [2.24, 2.45) is 0 Å². The molecule has 1 aromatic rings. The zero-order valence-corrected chi connectivity index (χ0v) is 8.66. The van der Waals surface area contributed by atoms with Crippen molar-refractivity contribution in [1.29, 1.82) is 0 Å². The van der Waals surface area contributed by atoms with E-state index in [-0.39, 0.29) is 5.54 Å². The topological polar surface area (TPSA) is 34.9 Å². The summed E-state index contributed by atoms with van der Waals surface area (Å²) in [6.07, 6.45) is 3.15. The molecule has 0 unspecified atom stereocenters. The average molecular weight is 180 g/mol. The van der Waals surface area contributed by atoms with Crippen LogP contribution < -0.4 is 0 Å². The second-order valence-electron chi connectivity index (χ2n) is 4.21. The van der Waals surface area contributed by atoms with Gasteiger partial charge in [-0.2, -0.15) is 5.10 Å². The summed E-state index contributed by atoms with van der Waals surface area (Å²) in [6, 6.07) is 0. The molecular weight excluding hydrogens is 164 g/mol. The highest BCUT2D eigenvalue weighted by molar-refractivity contribution is 5.55. The molecular formula is C10H16N2O. The Morgan fingerprint density at radius 2 is 2.15 bits per heavy atom. The number of nitrogens with zero attached hydrogens (tertiary/aromatic N) is 2. The van der Waals surface area contributed by atoms with E-state index in [1.54, 1.807) is 6.20 Å². The zero-order valence-electron chi connectivity index (χ0n) is 8.66. The van der Waals surface area contributed by atoms with Crippen molar-refractivity contribution in [3.05, 3.63) is 17.5 Å². The first-order valence-corrected chi connectivity index (χ1v) is 4.44. The standard InChI is InChI=1S/C10H16N2O/c1-8-9(5-6-13)7-11-12(8)10(2,3)4/h6-7H,5H2,1-4H3. The monoisotopic (exact) mass is 180 g/mol. The molecule has 1 heterocycles. The van der Waals surface area contributed by atoms with Crippen LogP contribution in [0.5, 0.6) is 0 Å². The minimum Gasteiger partial charge on any atom is -0.303 e. The van der Waals surface area contributed by atoms with Gasteiger partial charge >= 0.3 is 0 Å². The first kappa shape index (κ1) is 9.96. The predicted molar refractivity (Wildman–Crippen MR) is 51.7 cm³/mol.